The van der Waals surface area contributed by atoms with E-state index in [2.05, 4.69) is 10.2 Å². The maximum absolute atomic E-state index is 12.4. The smallest absolute Gasteiger partial charge is 0.445 e. The van der Waals surface area contributed by atoms with E-state index in [1.807, 2.05) is 0 Å². The highest BCUT2D eigenvalue weighted by molar-refractivity contribution is 7.13. The van der Waals surface area contributed by atoms with Crippen molar-refractivity contribution in [3.63, 3.8) is 0 Å². The van der Waals surface area contributed by atoms with Crippen LogP contribution in [0.1, 0.15) is 22.2 Å². The van der Waals surface area contributed by atoms with E-state index < -0.39 is 23.2 Å². The predicted molar refractivity (Wildman–Crippen MR) is 68.7 cm³/mol. The lowest BCUT2D eigenvalue weighted by atomic mass is 10.1. The molecule has 0 saturated carbocycles. The predicted octanol–water partition coefficient (Wildman–Crippen LogP) is 2.47. The zero-order valence-electron chi connectivity index (χ0n) is 10.7. The van der Waals surface area contributed by atoms with Gasteiger partial charge >= 0.3 is 6.18 Å². The van der Waals surface area contributed by atoms with Crippen molar-refractivity contribution in [2.45, 2.75) is 19.2 Å². The number of nitrogens with zero attached hydrogens (tertiary/aromatic N) is 2. The number of rotatable bonds is 4. The second-order valence-electron chi connectivity index (χ2n) is 4.19. The first kappa shape index (κ1) is 15.2. The van der Waals surface area contributed by atoms with E-state index in [0.717, 1.165) is 5.56 Å². The van der Waals surface area contributed by atoms with Crippen molar-refractivity contribution in [2.75, 3.05) is 0 Å². The molecule has 1 aromatic heterocycles. The van der Waals surface area contributed by atoms with Crippen LogP contribution in [0.2, 0.25) is 0 Å². The van der Waals surface area contributed by atoms with Gasteiger partial charge in [-0.15, -0.1) is 5.10 Å². The molecule has 0 bridgehead atoms. The lowest BCUT2D eigenvalue weighted by Gasteiger charge is -2.14. The second-order valence-corrected chi connectivity index (χ2v) is 5.13. The molecule has 1 unspecified atom stereocenters. The van der Waals surface area contributed by atoms with E-state index in [4.69, 9.17) is 10.5 Å². The van der Waals surface area contributed by atoms with Crippen LogP contribution in [0.15, 0.2) is 24.3 Å². The van der Waals surface area contributed by atoms with Gasteiger partial charge in [-0.3, -0.25) is 4.79 Å². The van der Waals surface area contributed by atoms with Crippen LogP contribution in [-0.4, -0.2) is 16.1 Å². The van der Waals surface area contributed by atoms with E-state index in [9.17, 15) is 18.0 Å². The Bertz CT molecular complexity index is 657. The molecule has 0 aliphatic carbocycles. The third-order valence-electron chi connectivity index (χ3n) is 2.47. The van der Waals surface area contributed by atoms with Gasteiger partial charge in [0, 0.05) is 5.56 Å². The fourth-order valence-corrected chi connectivity index (χ4v) is 2.19. The summed E-state index contributed by atoms with van der Waals surface area (Å²) in [5, 5.41) is 4.73. The maximum atomic E-state index is 12.4. The molecule has 0 saturated heterocycles. The molecule has 0 aliphatic heterocycles. The van der Waals surface area contributed by atoms with Crippen molar-refractivity contribution >= 4 is 17.2 Å². The minimum Gasteiger partial charge on any atom is -0.451 e. The number of halogens is 3. The Morgan fingerprint density at radius 3 is 2.62 bits per heavy atom. The summed E-state index contributed by atoms with van der Waals surface area (Å²) in [6.45, 7) is 1.80. The van der Waals surface area contributed by atoms with Crippen LogP contribution in [0.4, 0.5) is 13.2 Å². The van der Waals surface area contributed by atoms with Crippen LogP contribution in [0.5, 0.6) is 5.19 Å². The van der Waals surface area contributed by atoms with Crippen molar-refractivity contribution in [1.82, 2.24) is 10.2 Å². The molecule has 112 valence electrons. The third kappa shape index (κ3) is 3.69. The summed E-state index contributed by atoms with van der Waals surface area (Å²) in [7, 11) is 0. The summed E-state index contributed by atoms with van der Waals surface area (Å²) in [5.41, 5.74) is 6.52. The minimum atomic E-state index is -4.61. The molecule has 9 heteroatoms. The summed E-state index contributed by atoms with van der Waals surface area (Å²) >= 11 is 0.207. The SMILES string of the molecule is Cc1cccc(C(Oc2nnc(C(F)(F)F)s2)C(N)=O)c1. The summed E-state index contributed by atoms with van der Waals surface area (Å²) < 4.78 is 42.5. The molecule has 21 heavy (non-hydrogen) atoms. The van der Waals surface area contributed by atoms with Gasteiger partial charge in [-0.1, -0.05) is 46.3 Å². The number of hydrogen-bond acceptors (Lipinski definition) is 5. The highest BCUT2D eigenvalue weighted by Crippen LogP contribution is 2.35. The monoisotopic (exact) mass is 317 g/mol. The van der Waals surface area contributed by atoms with Gasteiger partial charge in [0.25, 0.3) is 11.1 Å². The molecule has 0 radical (unpaired) electrons. The quantitative estimate of drug-likeness (QED) is 0.939. The summed E-state index contributed by atoms with van der Waals surface area (Å²) in [5.74, 6) is -0.829. The first-order valence-corrected chi connectivity index (χ1v) is 6.52. The number of hydrogen-bond donors (Lipinski definition) is 1. The van der Waals surface area contributed by atoms with Gasteiger partial charge in [0.2, 0.25) is 11.1 Å². The fraction of sp³-hybridized carbons (Fsp3) is 0.250. The van der Waals surface area contributed by atoms with Gasteiger partial charge in [0.05, 0.1) is 0 Å². The van der Waals surface area contributed by atoms with Crippen LogP contribution < -0.4 is 10.5 Å². The minimum absolute atomic E-state index is 0.207. The standard InChI is InChI=1S/C12H10F3N3O2S/c1-6-3-2-4-7(5-6)8(9(16)19)20-11-18-17-10(21-11)12(13,14)15/h2-5,8H,1H3,(H2,16,19). The molecule has 1 atom stereocenters. The van der Waals surface area contributed by atoms with Gasteiger partial charge in [-0.05, 0) is 6.92 Å². The third-order valence-corrected chi connectivity index (χ3v) is 3.33. The number of benzene rings is 1. The molecule has 1 amide bonds. The normalized spacial score (nSPS) is 13.0. The van der Waals surface area contributed by atoms with Crippen LogP contribution >= 0.6 is 11.3 Å². The van der Waals surface area contributed by atoms with Gasteiger partial charge < -0.3 is 10.5 Å². The van der Waals surface area contributed by atoms with Crippen molar-refractivity contribution in [3.8, 4) is 5.19 Å². The highest BCUT2D eigenvalue weighted by atomic mass is 32.1. The number of aryl methyl sites for hydroxylation is 1. The zero-order chi connectivity index (χ0) is 15.6. The largest absolute Gasteiger partial charge is 0.451 e. The Hall–Kier alpha value is -2.16. The average molecular weight is 317 g/mol. The molecule has 5 nitrogen and oxygen atoms in total. The van der Waals surface area contributed by atoms with Crippen molar-refractivity contribution in [3.05, 3.63) is 40.4 Å². The summed E-state index contributed by atoms with van der Waals surface area (Å²) in [6, 6.07) is 6.73. The Kier molecular flexibility index (Phi) is 4.12. The van der Waals surface area contributed by atoms with Crippen LogP contribution in [0, 0.1) is 6.92 Å². The molecule has 1 aromatic carbocycles. The van der Waals surface area contributed by atoms with Gasteiger partial charge in [0.15, 0.2) is 0 Å². The van der Waals surface area contributed by atoms with Crippen molar-refractivity contribution in [2.24, 2.45) is 5.73 Å². The maximum Gasteiger partial charge on any atom is 0.445 e. The molecular formula is C12H10F3N3O2S. The summed E-state index contributed by atoms with van der Waals surface area (Å²) in [6.07, 6.45) is -5.83. The van der Waals surface area contributed by atoms with Crippen LogP contribution in [0.3, 0.4) is 0 Å². The Balaban J connectivity index is 2.25. The van der Waals surface area contributed by atoms with E-state index in [1.165, 1.54) is 0 Å². The van der Waals surface area contributed by atoms with Gasteiger partial charge in [-0.2, -0.15) is 13.2 Å². The lowest BCUT2D eigenvalue weighted by Crippen LogP contribution is -2.26. The number of aromatic nitrogens is 2. The molecular weight excluding hydrogens is 307 g/mol. The average Bonchev–Trinajstić information content (AvgIpc) is 2.84. The Morgan fingerprint density at radius 2 is 2.10 bits per heavy atom. The van der Waals surface area contributed by atoms with E-state index in [1.54, 1.807) is 31.2 Å². The van der Waals surface area contributed by atoms with Crippen molar-refractivity contribution in [1.29, 1.82) is 0 Å². The van der Waals surface area contributed by atoms with E-state index >= 15 is 0 Å². The number of carbonyl (C=O) groups is 1. The molecule has 2 N–H and O–H groups in total. The van der Waals surface area contributed by atoms with Crippen LogP contribution in [0.25, 0.3) is 0 Å². The molecule has 0 fully saturated rings. The summed E-state index contributed by atoms with van der Waals surface area (Å²) in [4.78, 5) is 11.5. The van der Waals surface area contributed by atoms with Gasteiger partial charge in [-0.25, -0.2) is 0 Å². The number of alkyl halides is 3. The Morgan fingerprint density at radius 1 is 1.38 bits per heavy atom. The van der Waals surface area contributed by atoms with E-state index in [0.29, 0.717) is 5.56 Å². The topological polar surface area (TPSA) is 78.1 Å². The van der Waals surface area contributed by atoms with Gasteiger partial charge in [0.1, 0.15) is 0 Å². The zero-order valence-corrected chi connectivity index (χ0v) is 11.5. The second kappa shape index (κ2) is 5.68. The molecule has 1 heterocycles. The first-order valence-electron chi connectivity index (χ1n) is 5.70. The fourth-order valence-electron chi connectivity index (χ4n) is 1.60. The molecule has 2 aromatic rings. The first-order chi connectivity index (χ1) is 9.77. The molecule has 0 spiro atoms. The number of carbonyl (C=O) groups excluding carboxylic acids is 1. The van der Waals surface area contributed by atoms with Crippen LogP contribution in [-0.2, 0) is 11.0 Å². The number of amides is 1. The Labute approximate surface area is 121 Å². The van der Waals surface area contributed by atoms with E-state index in [-0.39, 0.29) is 16.5 Å². The number of primary amides is 1. The molecule has 2 rings (SSSR count). The number of ether oxygens (including phenoxy) is 1. The lowest BCUT2D eigenvalue weighted by molar-refractivity contribution is -0.138. The molecule has 0 aliphatic rings. The highest BCUT2D eigenvalue weighted by Gasteiger charge is 2.36. The van der Waals surface area contributed by atoms with Crippen molar-refractivity contribution < 1.29 is 22.7 Å². The number of nitrogens with two attached hydrogens (primary N) is 1.